The van der Waals surface area contributed by atoms with Gasteiger partial charge in [0, 0.05) is 10.4 Å². The molecule has 3 N–H and O–H groups in total. The summed E-state index contributed by atoms with van der Waals surface area (Å²) in [6.07, 6.45) is 0. The molecule has 9 nitrogen and oxygen atoms in total. The smallest absolute Gasteiger partial charge is 0.296 e. The molecule has 4 aromatic rings. The van der Waals surface area contributed by atoms with Gasteiger partial charge in [-0.1, -0.05) is 53.5 Å². The standard InChI is InChI=1S/C26H21Cl2N3O6S/c1-3-37-20-10-9-16(27)13-19(20)29-26(33)18-12-15-6-4-5-7-17(15)24(25(18)32)31-30-23-14(2)8-11-21(22(23)28)38(34,35)36/h4-13,32H,3H2,1-2H3,(H,29,33)(H,34,35,36). The van der Waals surface area contributed by atoms with E-state index in [2.05, 4.69) is 15.5 Å². The van der Waals surface area contributed by atoms with Crippen molar-refractivity contribution < 1.29 is 27.6 Å². The lowest BCUT2D eigenvalue weighted by Gasteiger charge is -2.14. The van der Waals surface area contributed by atoms with Gasteiger partial charge < -0.3 is 15.2 Å². The second-order valence-electron chi connectivity index (χ2n) is 8.09. The molecule has 0 radical (unpaired) electrons. The van der Waals surface area contributed by atoms with Gasteiger partial charge in [-0.3, -0.25) is 9.35 Å². The highest BCUT2D eigenvalue weighted by Gasteiger charge is 2.22. The lowest BCUT2D eigenvalue weighted by molar-refractivity contribution is 0.102. The Labute approximate surface area is 228 Å². The first-order valence-corrected chi connectivity index (χ1v) is 13.4. The highest BCUT2D eigenvalue weighted by atomic mass is 35.5. The van der Waals surface area contributed by atoms with E-state index >= 15 is 0 Å². The number of amides is 1. The highest BCUT2D eigenvalue weighted by molar-refractivity contribution is 7.86. The van der Waals surface area contributed by atoms with Crippen molar-refractivity contribution in [3.8, 4) is 11.5 Å². The van der Waals surface area contributed by atoms with Gasteiger partial charge in [-0.05, 0) is 55.1 Å². The minimum absolute atomic E-state index is 0.0274. The minimum atomic E-state index is -4.61. The van der Waals surface area contributed by atoms with Gasteiger partial charge in [-0.2, -0.15) is 8.42 Å². The van der Waals surface area contributed by atoms with Crippen LogP contribution in [0.2, 0.25) is 10.0 Å². The van der Waals surface area contributed by atoms with Gasteiger partial charge in [-0.25, -0.2) is 0 Å². The van der Waals surface area contributed by atoms with Crippen LogP contribution in [0.1, 0.15) is 22.8 Å². The topological polar surface area (TPSA) is 138 Å². The number of halogens is 2. The number of rotatable bonds is 7. The van der Waals surface area contributed by atoms with E-state index in [1.165, 1.54) is 18.2 Å². The third-order valence-corrected chi connectivity index (χ3v) is 7.17. The molecule has 38 heavy (non-hydrogen) atoms. The van der Waals surface area contributed by atoms with Gasteiger partial charge in [0.1, 0.15) is 22.0 Å². The third kappa shape index (κ3) is 5.58. The molecule has 0 saturated heterocycles. The molecular weight excluding hydrogens is 553 g/mol. The maximum absolute atomic E-state index is 13.3. The van der Waals surface area contributed by atoms with E-state index in [4.69, 9.17) is 27.9 Å². The Bertz CT molecular complexity index is 1710. The number of hydrogen-bond acceptors (Lipinski definition) is 7. The van der Waals surface area contributed by atoms with Crippen molar-refractivity contribution in [1.29, 1.82) is 0 Å². The second kappa shape index (κ2) is 11.0. The fourth-order valence-corrected chi connectivity index (χ4v) is 5.00. The van der Waals surface area contributed by atoms with Crippen molar-refractivity contribution in [2.24, 2.45) is 10.2 Å². The summed E-state index contributed by atoms with van der Waals surface area (Å²) in [4.78, 5) is 12.7. The number of nitrogens with zero attached hydrogens (tertiary/aromatic N) is 2. The minimum Gasteiger partial charge on any atom is -0.505 e. The molecule has 0 aliphatic rings. The average Bonchev–Trinajstić information content (AvgIpc) is 2.85. The lowest BCUT2D eigenvalue weighted by Crippen LogP contribution is -2.13. The highest BCUT2D eigenvalue weighted by Crippen LogP contribution is 2.42. The largest absolute Gasteiger partial charge is 0.505 e. The molecule has 0 aliphatic carbocycles. The number of ether oxygens (including phenoxy) is 1. The maximum Gasteiger partial charge on any atom is 0.296 e. The van der Waals surface area contributed by atoms with Gasteiger partial charge in [-0.15, -0.1) is 10.2 Å². The zero-order chi connectivity index (χ0) is 27.6. The first-order chi connectivity index (χ1) is 18.0. The van der Waals surface area contributed by atoms with E-state index in [-0.39, 0.29) is 22.0 Å². The molecular formula is C26H21Cl2N3O6S. The van der Waals surface area contributed by atoms with Gasteiger partial charge in [0.05, 0.1) is 22.9 Å². The van der Waals surface area contributed by atoms with Crippen molar-refractivity contribution in [2.45, 2.75) is 18.7 Å². The molecule has 0 bridgehead atoms. The summed E-state index contributed by atoms with van der Waals surface area (Å²) in [7, 11) is -4.61. The molecule has 12 heteroatoms. The van der Waals surface area contributed by atoms with Crippen LogP contribution in [0.5, 0.6) is 11.5 Å². The first kappa shape index (κ1) is 27.3. The Balaban J connectivity index is 1.83. The fourth-order valence-electron chi connectivity index (χ4n) is 3.73. The lowest BCUT2D eigenvalue weighted by atomic mass is 10.0. The molecule has 0 saturated carbocycles. The maximum atomic E-state index is 13.3. The van der Waals surface area contributed by atoms with Crippen molar-refractivity contribution in [2.75, 3.05) is 11.9 Å². The number of aryl methyl sites for hydroxylation is 1. The van der Waals surface area contributed by atoms with E-state index in [0.717, 1.165) is 6.07 Å². The molecule has 0 spiro atoms. The van der Waals surface area contributed by atoms with Crippen molar-refractivity contribution >= 4 is 67.1 Å². The summed E-state index contributed by atoms with van der Waals surface area (Å²) in [6, 6.07) is 15.7. The number of aromatic hydroxyl groups is 1. The van der Waals surface area contributed by atoms with Gasteiger partial charge in [0.15, 0.2) is 5.75 Å². The number of nitrogens with one attached hydrogen (secondary N) is 1. The van der Waals surface area contributed by atoms with Crippen molar-refractivity contribution in [3.63, 3.8) is 0 Å². The van der Waals surface area contributed by atoms with E-state index in [1.54, 1.807) is 50.2 Å². The van der Waals surface area contributed by atoms with Crippen LogP contribution in [0.4, 0.5) is 17.1 Å². The number of carbonyl (C=O) groups is 1. The fraction of sp³-hybridized carbons (Fsp3) is 0.115. The van der Waals surface area contributed by atoms with Crippen LogP contribution >= 0.6 is 23.2 Å². The monoisotopic (exact) mass is 573 g/mol. The summed E-state index contributed by atoms with van der Waals surface area (Å²) in [5.74, 6) is -0.727. The Morgan fingerprint density at radius 1 is 1.03 bits per heavy atom. The van der Waals surface area contributed by atoms with E-state index < -0.39 is 26.7 Å². The molecule has 196 valence electrons. The van der Waals surface area contributed by atoms with Crippen LogP contribution in [0.3, 0.4) is 0 Å². The number of phenols is 1. The van der Waals surface area contributed by atoms with E-state index in [0.29, 0.717) is 39.4 Å². The van der Waals surface area contributed by atoms with Gasteiger partial charge in [0.25, 0.3) is 16.0 Å². The Morgan fingerprint density at radius 2 is 1.74 bits per heavy atom. The van der Waals surface area contributed by atoms with Gasteiger partial charge in [0.2, 0.25) is 0 Å². The van der Waals surface area contributed by atoms with Crippen LogP contribution in [0.15, 0.2) is 75.8 Å². The SMILES string of the molecule is CCOc1ccc(Cl)cc1NC(=O)c1cc2ccccc2c(N=Nc2c(C)ccc(S(=O)(=O)O)c2Cl)c1O. The Hall–Kier alpha value is -3.70. The zero-order valence-electron chi connectivity index (χ0n) is 20.1. The normalized spacial score (nSPS) is 11.7. The number of fused-ring (bicyclic) bond motifs is 1. The Kier molecular flexibility index (Phi) is 7.89. The van der Waals surface area contributed by atoms with Crippen LogP contribution in [-0.4, -0.2) is 30.6 Å². The van der Waals surface area contributed by atoms with Crippen LogP contribution in [-0.2, 0) is 10.1 Å². The van der Waals surface area contributed by atoms with Crippen LogP contribution in [0.25, 0.3) is 10.8 Å². The quantitative estimate of drug-likeness (QED) is 0.155. The zero-order valence-corrected chi connectivity index (χ0v) is 22.4. The molecule has 1 amide bonds. The Morgan fingerprint density at radius 3 is 2.45 bits per heavy atom. The molecule has 0 aliphatic heterocycles. The molecule has 0 heterocycles. The molecule has 4 rings (SSSR count). The number of phenolic OH excluding ortho intramolecular Hbond substituents is 1. The predicted octanol–water partition coefficient (Wildman–Crippen LogP) is 7.47. The predicted molar refractivity (Wildman–Crippen MR) is 146 cm³/mol. The molecule has 0 fully saturated rings. The van der Waals surface area contributed by atoms with E-state index in [1.807, 2.05) is 0 Å². The van der Waals surface area contributed by atoms with Gasteiger partial charge >= 0.3 is 0 Å². The van der Waals surface area contributed by atoms with E-state index in [9.17, 15) is 22.9 Å². The summed E-state index contributed by atoms with van der Waals surface area (Å²) in [5.41, 5.74) is 0.602. The third-order valence-electron chi connectivity index (χ3n) is 5.54. The summed E-state index contributed by atoms with van der Waals surface area (Å²) < 4.78 is 38.4. The number of azo groups is 1. The summed E-state index contributed by atoms with van der Waals surface area (Å²) in [5, 5.41) is 23.2. The van der Waals surface area contributed by atoms with Crippen molar-refractivity contribution in [1.82, 2.24) is 0 Å². The number of hydrogen-bond donors (Lipinski definition) is 3. The number of benzene rings is 4. The van der Waals surface area contributed by atoms with Crippen LogP contribution in [0, 0.1) is 6.92 Å². The van der Waals surface area contributed by atoms with Crippen molar-refractivity contribution in [3.05, 3.63) is 81.8 Å². The molecule has 4 aromatic carbocycles. The first-order valence-electron chi connectivity index (χ1n) is 11.2. The molecule has 0 atom stereocenters. The average molecular weight is 574 g/mol. The second-order valence-corrected chi connectivity index (χ2v) is 10.3. The summed E-state index contributed by atoms with van der Waals surface area (Å²) in [6.45, 7) is 3.78. The number of anilines is 1. The van der Waals surface area contributed by atoms with Crippen LogP contribution < -0.4 is 10.1 Å². The molecule has 0 aromatic heterocycles. The summed E-state index contributed by atoms with van der Waals surface area (Å²) >= 11 is 12.3. The molecule has 0 unspecified atom stereocenters. The number of carbonyl (C=O) groups excluding carboxylic acids is 1.